The summed E-state index contributed by atoms with van der Waals surface area (Å²) in [7, 11) is 3.13. The fourth-order valence-electron chi connectivity index (χ4n) is 1.68. The molecule has 5 heteroatoms. The van der Waals surface area contributed by atoms with Crippen LogP contribution in [0.15, 0.2) is 4.99 Å². The average molecular weight is 285 g/mol. The Morgan fingerprint density at radius 3 is 2.35 bits per heavy atom. The third-order valence-electron chi connectivity index (χ3n) is 3.11. The van der Waals surface area contributed by atoms with Gasteiger partial charge in [0.25, 0.3) is 0 Å². The molecule has 0 saturated carbocycles. The second-order valence-electron chi connectivity index (χ2n) is 6.52. The van der Waals surface area contributed by atoms with E-state index >= 15 is 0 Å². The van der Waals surface area contributed by atoms with Gasteiger partial charge in [0, 0.05) is 19.6 Å². The van der Waals surface area contributed by atoms with Crippen molar-refractivity contribution in [3.05, 3.63) is 0 Å². The first-order valence-corrected chi connectivity index (χ1v) is 7.24. The van der Waals surface area contributed by atoms with Crippen molar-refractivity contribution in [2.75, 3.05) is 20.7 Å². The lowest BCUT2D eigenvalue weighted by atomic mass is 9.89. The summed E-state index contributed by atoms with van der Waals surface area (Å²) in [6, 6.07) is 0.342. The summed E-state index contributed by atoms with van der Waals surface area (Å²) in [6.45, 7) is 11.2. The van der Waals surface area contributed by atoms with Crippen LogP contribution in [0.5, 0.6) is 0 Å². The molecule has 5 nitrogen and oxygen atoms in total. The number of hydrogen-bond acceptors (Lipinski definition) is 3. The molecule has 0 aliphatic heterocycles. The van der Waals surface area contributed by atoms with Gasteiger partial charge in [0.05, 0.1) is 13.0 Å². The SMILES string of the molecule is CN=C(NCC(C)C(=O)OC)NC(C)CCC(C)(C)C. The monoisotopic (exact) mass is 285 g/mol. The lowest BCUT2D eigenvalue weighted by Crippen LogP contribution is -2.44. The first-order chi connectivity index (χ1) is 9.19. The number of ether oxygens (including phenoxy) is 1. The number of carbonyl (C=O) groups is 1. The molecular weight excluding hydrogens is 254 g/mol. The van der Waals surface area contributed by atoms with Crippen molar-refractivity contribution in [1.29, 1.82) is 0 Å². The molecule has 0 radical (unpaired) electrons. The predicted octanol–water partition coefficient (Wildman–Crippen LogP) is 2.18. The van der Waals surface area contributed by atoms with E-state index < -0.39 is 0 Å². The molecule has 0 saturated heterocycles. The van der Waals surface area contributed by atoms with Crippen LogP contribution in [0.3, 0.4) is 0 Å². The second-order valence-corrected chi connectivity index (χ2v) is 6.52. The van der Waals surface area contributed by atoms with Crippen LogP contribution in [0, 0.1) is 11.3 Å². The number of guanidine groups is 1. The Morgan fingerprint density at radius 2 is 1.90 bits per heavy atom. The van der Waals surface area contributed by atoms with E-state index in [2.05, 4.69) is 43.3 Å². The summed E-state index contributed by atoms with van der Waals surface area (Å²) >= 11 is 0. The summed E-state index contributed by atoms with van der Waals surface area (Å²) in [4.78, 5) is 15.5. The summed E-state index contributed by atoms with van der Waals surface area (Å²) < 4.78 is 4.70. The smallest absolute Gasteiger partial charge is 0.310 e. The summed E-state index contributed by atoms with van der Waals surface area (Å²) in [5, 5.41) is 6.49. The normalized spacial score (nSPS) is 15.4. The molecule has 0 bridgehead atoms. The highest BCUT2D eigenvalue weighted by atomic mass is 16.5. The molecule has 0 rings (SSSR count). The van der Waals surface area contributed by atoms with Crippen LogP contribution in [0.4, 0.5) is 0 Å². The number of nitrogens with zero attached hydrogens (tertiary/aromatic N) is 1. The van der Waals surface area contributed by atoms with E-state index in [1.165, 1.54) is 7.11 Å². The lowest BCUT2D eigenvalue weighted by molar-refractivity contribution is -0.144. The van der Waals surface area contributed by atoms with Gasteiger partial charge in [0.1, 0.15) is 0 Å². The number of carbonyl (C=O) groups excluding carboxylic acids is 1. The molecule has 0 aliphatic rings. The van der Waals surface area contributed by atoms with Crippen molar-refractivity contribution in [2.45, 2.75) is 53.5 Å². The molecule has 118 valence electrons. The fraction of sp³-hybridized carbons (Fsp3) is 0.867. The molecule has 20 heavy (non-hydrogen) atoms. The fourth-order valence-corrected chi connectivity index (χ4v) is 1.68. The molecule has 0 amide bonds. The van der Waals surface area contributed by atoms with Crippen LogP contribution in [-0.2, 0) is 9.53 Å². The van der Waals surface area contributed by atoms with Crippen molar-refractivity contribution >= 4 is 11.9 Å². The zero-order chi connectivity index (χ0) is 15.8. The zero-order valence-electron chi connectivity index (χ0n) is 14.0. The first-order valence-electron chi connectivity index (χ1n) is 7.24. The van der Waals surface area contributed by atoms with Gasteiger partial charge >= 0.3 is 5.97 Å². The Balaban J connectivity index is 4.13. The molecule has 2 atom stereocenters. The van der Waals surface area contributed by atoms with Gasteiger partial charge in [0.15, 0.2) is 5.96 Å². The first kappa shape index (κ1) is 18.7. The van der Waals surface area contributed by atoms with Crippen molar-refractivity contribution in [1.82, 2.24) is 10.6 Å². The largest absolute Gasteiger partial charge is 0.469 e. The minimum atomic E-state index is -0.214. The molecule has 0 aromatic rings. The standard InChI is InChI=1S/C15H31N3O2/c1-11(13(19)20-7)10-17-14(16-6)18-12(2)8-9-15(3,4)5/h11-12H,8-10H2,1-7H3,(H2,16,17,18). The van der Waals surface area contributed by atoms with E-state index in [0.29, 0.717) is 18.0 Å². The molecule has 2 N–H and O–H groups in total. The minimum absolute atomic E-state index is 0.191. The Bertz CT molecular complexity index is 322. The number of aliphatic imine (C=N–C) groups is 1. The van der Waals surface area contributed by atoms with Crippen LogP contribution in [0.1, 0.15) is 47.5 Å². The molecule has 0 spiro atoms. The van der Waals surface area contributed by atoms with Gasteiger partial charge in [-0.25, -0.2) is 0 Å². The third-order valence-corrected chi connectivity index (χ3v) is 3.11. The molecular formula is C15H31N3O2. The van der Waals surface area contributed by atoms with E-state index in [4.69, 9.17) is 4.74 Å². The maximum Gasteiger partial charge on any atom is 0.310 e. The Morgan fingerprint density at radius 1 is 1.30 bits per heavy atom. The van der Waals surface area contributed by atoms with Crippen molar-refractivity contribution in [2.24, 2.45) is 16.3 Å². The maximum atomic E-state index is 11.3. The molecule has 0 heterocycles. The van der Waals surface area contributed by atoms with Gasteiger partial charge in [-0.1, -0.05) is 27.7 Å². The lowest BCUT2D eigenvalue weighted by Gasteiger charge is -2.23. The summed E-state index contributed by atoms with van der Waals surface area (Å²) in [5.74, 6) is 0.319. The average Bonchev–Trinajstić information content (AvgIpc) is 2.38. The molecule has 0 aliphatic carbocycles. The number of esters is 1. The molecule has 0 aromatic heterocycles. The van der Waals surface area contributed by atoms with E-state index in [1.54, 1.807) is 7.05 Å². The van der Waals surface area contributed by atoms with Crippen LogP contribution in [0.25, 0.3) is 0 Å². The molecule has 0 aromatic carbocycles. The van der Waals surface area contributed by atoms with E-state index in [9.17, 15) is 4.79 Å². The van der Waals surface area contributed by atoms with Crippen LogP contribution >= 0.6 is 0 Å². The minimum Gasteiger partial charge on any atom is -0.469 e. The van der Waals surface area contributed by atoms with E-state index in [-0.39, 0.29) is 11.9 Å². The van der Waals surface area contributed by atoms with Crippen molar-refractivity contribution in [3.63, 3.8) is 0 Å². The van der Waals surface area contributed by atoms with Gasteiger partial charge in [-0.05, 0) is 25.2 Å². The second kappa shape index (κ2) is 8.82. The van der Waals surface area contributed by atoms with Gasteiger partial charge < -0.3 is 15.4 Å². The Labute approximate surface area is 123 Å². The van der Waals surface area contributed by atoms with Gasteiger partial charge in [-0.15, -0.1) is 0 Å². The Hall–Kier alpha value is -1.26. The maximum absolute atomic E-state index is 11.3. The number of hydrogen-bond donors (Lipinski definition) is 2. The van der Waals surface area contributed by atoms with Crippen molar-refractivity contribution in [3.8, 4) is 0 Å². The van der Waals surface area contributed by atoms with E-state index in [1.807, 2.05) is 6.92 Å². The summed E-state index contributed by atoms with van der Waals surface area (Å²) in [6.07, 6.45) is 2.23. The predicted molar refractivity (Wildman–Crippen MR) is 83.8 cm³/mol. The van der Waals surface area contributed by atoms with Gasteiger partial charge in [0.2, 0.25) is 0 Å². The van der Waals surface area contributed by atoms with Gasteiger partial charge in [-0.2, -0.15) is 0 Å². The number of rotatable bonds is 6. The van der Waals surface area contributed by atoms with Crippen LogP contribution in [-0.4, -0.2) is 38.7 Å². The zero-order valence-corrected chi connectivity index (χ0v) is 14.0. The Kier molecular flexibility index (Phi) is 8.26. The topological polar surface area (TPSA) is 62.7 Å². The quantitative estimate of drug-likeness (QED) is 0.446. The highest BCUT2D eigenvalue weighted by Crippen LogP contribution is 2.21. The highest BCUT2D eigenvalue weighted by Gasteiger charge is 2.15. The highest BCUT2D eigenvalue weighted by molar-refractivity contribution is 5.80. The van der Waals surface area contributed by atoms with Gasteiger partial charge in [-0.3, -0.25) is 9.79 Å². The third kappa shape index (κ3) is 8.77. The van der Waals surface area contributed by atoms with E-state index in [0.717, 1.165) is 18.8 Å². The molecule has 2 unspecified atom stereocenters. The summed E-state index contributed by atoms with van der Waals surface area (Å²) in [5.41, 5.74) is 0.340. The molecule has 0 fully saturated rings. The van der Waals surface area contributed by atoms with Crippen LogP contribution in [0.2, 0.25) is 0 Å². The van der Waals surface area contributed by atoms with Crippen molar-refractivity contribution < 1.29 is 9.53 Å². The number of nitrogens with one attached hydrogen (secondary N) is 2. The number of methoxy groups -OCH3 is 1. The van der Waals surface area contributed by atoms with Crippen LogP contribution < -0.4 is 10.6 Å².